The Labute approximate surface area is 186 Å². The molecule has 3 nitrogen and oxygen atoms in total. The van der Waals surface area contributed by atoms with Crippen LogP contribution in [0.2, 0.25) is 0 Å². The normalized spacial score (nSPS) is 20.6. The quantitative estimate of drug-likeness (QED) is 0.579. The van der Waals surface area contributed by atoms with Gasteiger partial charge in [0.2, 0.25) is 0 Å². The fourth-order valence-corrected chi connectivity index (χ4v) is 5.19. The molecule has 0 N–H and O–H groups in total. The van der Waals surface area contributed by atoms with Gasteiger partial charge in [-0.3, -0.25) is 4.79 Å². The van der Waals surface area contributed by atoms with Crippen LogP contribution in [0.3, 0.4) is 0 Å². The monoisotopic (exact) mass is 415 g/mol. The summed E-state index contributed by atoms with van der Waals surface area (Å²) in [6.45, 7) is 6.78. The first kappa shape index (κ1) is 21.4. The van der Waals surface area contributed by atoms with Crippen molar-refractivity contribution in [3.05, 3.63) is 88.3 Å². The van der Waals surface area contributed by atoms with Crippen LogP contribution in [0.1, 0.15) is 48.9 Å². The number of rotatable bonds is 6. The molecule has 0 aromatic heterocycles. The molecule has 2 aromatic rings. The highest BCUT2D eigenvalue weighted by Gasteiger charge is 2.29. The third kappa shape index (κ3) is 4.61. The van der Waals surface area contributed by atoms with Gasteiger partial charge >= 0.3 is 0 Å². The second-order valence-corrected chi connectivity index (χ2v) is 9.04. The molecule has 0 radical (unpaired) electrons. The number of aryl methyl sites for hydroxylation is 2. The lowest BCUT2D eigenvalue weighted by molar-refractivity contribution is -0.114. The number of ether oxygens (including phenoxy) is 1. The van der Waals surface area contributed by atoms with E-state index in [2.05, 4.69) is 73.5 Å². The summed E-state index contributed by atoms with van der Waals surface area (Å²) in [7, 11) is 1.73. The van der Waals surface area contributed by atoms with Gasteiger partial charge < -0.3 is 9.64 Å². The van der Waals surface area contributed by atoms with E-state index in [4.69, 9.17) is 4.74 Å². The lowest BCUT2D eigenvalue weighted by Crippen LogP contribution is -2.28. The maximum Gasteiger partial charge on any atom is 0.158 e. The van der Waals surface area contributed by atoms with E-state index in [1.54, 1.807) is 14.0 Å². The first-order chi connectivity index (χ1) is 15.0. The molecule has 0 saturated heterocycles. The maximum atomic E-state index is 12.7. The molecule has 2 unspecified atom stereocenters. The first-order valence-corrected chi connectivity index (χ1v) is 11.3. The Morgan fingerprint density at radius 3 is 2.68 bits per heavy atom. The first-order valence-electron chi connectivity index (χ1n) is 11.3. The number of carbonyl (C=O) groups is 1. The van der Waals surface area contributed by atoms with Gasteiger partial charge in [0.15, 0.2) is 5.78 Å². The highest BCUT2D eigenvalue weighted by Crippen LogP contribution is 2.37. The largest absolute Gasteiger partial charge is 0.497 e. The molecule has 2 atom stereocenters. The van der Waals surface area contributed by atoms with Crippen molar-refractivity contribution in [1.82, 2.24) is 4.90 Å². The fourth-order valence-electron chi connectivity index (χ4n) is 5.19. The lowest BCUT2D eigenvalue weighted by atomic mass is 9.76. The third-order valence-corrected chi connectivity index (χ3v) is 7.00. The van der Waals surface area contributed by atoms with Gasteiger partial charge in [-0.15, -0.1) is 0 Å². The zero-order valence-corrected chi connectivity index (χ0v) is 19.2. The van der Waals surface area contributed by atoms with Gasteiger partial charge in [0.1, 0.15) is 5.75 Å². The summed E-state index contributed by atoms with van der Waals surface area (Å²) in [4.78, 5) is 14.9. The molecular formula is C28H33NO2. The minimum atomic E-state index is 0.197. The third-order valence-electron chi connectivity index (χ3n) is 7.00. The van der Waals surface area contributed by atoms with Crippen LogP contribution in [0.15, 0.2) is 66.0 Å². The van der Waals surface area contributed by atoms with Crippen molar-refractivity contribution >= 4 is 5.78 Å². The molecule has 0 fully saturated rings. The number of ketones is 1. The molecule has 0 amide bonds. The summed E-state index contributed by atoms with van der Waals surface area (Å²) in [5.41, 5.74) is 7.52. The lowest BCUT2D eigenvalue weighted by Gasteiger charge is -2.34. The zero-order chi connectivity index (χ0) is 22.0. The van der Waals surface area contributed by atoms with Crippen LogP contribution in [0, 0.1) is 18.8 Å². The molecule has 4 rings (SSSR count). The van der Waals surface area contributed by atoms with Crippen molar-refractivity contribution < 1.29 is 9.53 Å². The average Bonchev–Trinajstić information content (AvgIpc) is 2.76. The average molecular weight is 416 g/mol. The summed E-state index contributed by atoms with van der Waals surface area (Å²) in [6, 6.07) is 14.9. The Bertz CT molecular complexity index is 1030. The highest BCUT2D eigenvalue weighted by molar-refractivity contribution is 5.95. The number of methoxy groups -OCH3 is 1. The number of hydrogen-bond acceptors (Lipinski definition) is 3. The summed E-state index contributed by atoms with van der Waals surface area (Å²) >= 11 is 0. The molecule has 1 aliphatic heterocycles. The molecule has 3 heteroatoms. The Kier molecular flexibility index (Phi) is 6.31. The summed E-state index contributed by atoms with van der Waals surface area (Å²) in [5, 5.41) is 0. The molecule has 2 aromatic carbocycles. The summed E-state index contributed by atoms with van der Waals surface area (Å²) in [6.07, 6.45) is 8.83. The summed E-state index contributed by atoms with van der Waals surface area (Å²) in [5.74, 6) is 1.94. The molecule has 1 heterocycles. The van der Waals surface area contributed by atoms with E-state index in [1.165, 1.54) is 28.7 Å². The van der Waals surface area contributed by atoms with Crippen molar-refractivity contribution in [2.24, 2.45) is 11.8 Å². The van der Waals surface area contributed by atoms with E-state index < -0.39 is 0 Å². The minimum absolute atomic E-state index is 0.197. The van der Waals surface area contributed by atoms with E-state index in [-0.39, 0.29) is 11.7 Å². The molecule has 0 saturated carbocycles. The van der Waals surface area contributed by atoms with Crippen molar-refractivity contribution in [3.8, 4) is 5.75 Å². The minimum Gasteiger partial charge on any atom is -0.497 e. The number of hydrogen-bond donors (Lipinski definition) is 0. The molecule has 31 heavy (non-hydrogen) atoms. The maximum absolute atomic E-state index is 12.7. The molecular weight excluding hydrogens is 382 g/mol. The van der Waals surface area contributed by atoms with Gasteiger partial charge in [0.25, 0.3) is 0 Å². The molecule has 0 bridgehead atoms. The molecule has 162 valence electrons. The van der Waals surface area contributed by atoms with Crippen molar-refractivity contribution in [3.63, 3.8) is 0 Å². The van der Waals surface area contributed by atoms with Gasteiger partial charge in [-0.2, -0.15) is 0 Å². The van der Waals surface area contributed by atoms with Crippen molar-refractivity contribution in [2.45, 2.75) is 53.0 Å². The van der Waals surface area contributed by atoms with Crippen LogP contribution in [0.25, 0.3) is 0 Å². The standard InChI is InChI=1S/C28H33NO2/c1-19-7-5-6-8-26(19)18-29-14-13-25(28(20(29)2)21(3)30)16-22-9-10-24-17-27(31-4)12-11-23(24)15-22/h5-8,11-14,17,22,25H,9-10,15-16,18H2,1-4H3. The predicted octanol–water partition coefficient (Wildman–Crippen LogP) is 6.01. The van der Waals surface area contributed by atoms with Crippen molar-refractivity contribution in [2.75, 3.05) is 7.11 Å². The second kappa shape index (κ2) is 9.13. The van der Waals surface area contributed by atoms with Crippen molar-refractivity contribution in [1.29, 1.82) is 0 Å². The smallest absolute Gasteiger partial charge is 0.158 e. The number of Topliss-reactive ketones (excluding diaryl/α,β-unsaturated/α-hetero) is 1. The van der Waals surface area contributed by atoms with Gasteiger partial charge in [0.05, 0.1) is 7.11 Å². The second-order valence-electron chi connectivity index (χ2n) is 9.04. The van der Waals surface area contributed by atoms with Gasteiger partial charge in [-0.25, -0.2) is 0 Å². The van der Waals surface area contributed by atoms with Crippen LogP contribution < -0.4 is 4.74 Å². The highest BCUT2D eigenvalue weighted by atomic mass is 16.5. The molecule has 1 aliphatic carbocycles. The zero-order valence-electron chi connectivity index (χ0n) is 19.2. The van der Waals surface area contributed by atoms with E-state index in [1.807, 2.05) is 0 Å². The molecule has 2 aliphatic rings. The Morgan fingerprint density at radius 1 is 1.13 bits per heavy atom. The number of benzene rings is 2. The Morgan fingerprint density at radius 2 is 1.94 bits per heavy atom. The van der Waals surface area contributed by atoms with Gasteiger partial charge in [-0.1, -0.05) is 36.4 Å². The van der Waals surface area contributed by atoms with E-state index in [0.717, 1.165) is 42.8 Å². The Balaban J connectivity index is 1.50. The van der Waals surface area contributed by atoms with Crippen LogP contribution in [0.4, 0.5) is 0 Å². The van der Waals surface area contributed by atoms with E-state index in [0.29, 0.717) is 5.92 Å². The van der Waals surface area contributed by atoms with Gasteiger partial charge in [-0.05, 0) is 86.8 Å². The summed E-state index contributed by atoms with van der Waals surface area (Å²) < 4.78 is 5.38. The topological polar surface area (TPSA) is 29.5 Å². The van der Waals surface area contributed by atoms with Crippen LogP contribution in [-0.4, -0.2) is 17.8 Å². The van der Waals surface area contributed by atoms with E-state index >= 15 is 0 Å². The van der Waals surface area contributed by atoms with E-state index in [9.17, 15) is 4.79 Å². The predicted molar refractivity (Wildman–Crippen MR) is 126 cm³/mol. The number of fused-ring (bicyclic) bond motifs is 1. The van der Waals surface area contributed by atoms with Gasteiger partial charge in [0, 0.05) is 29.9 Å². The Hall–Kier alpha value is -2.81. The van der Waals surface area contributed by atoms with Crippen LogP contribution in [0.5, 0.6) is 5.75 Å². The number of allylic oxidation sites excluding steroid dienone is 3. The fraction of sp³-hybridized carbons (Fsp3) is 0.393. The SMILES string of the molecule is COc1ccc2c(c1)CCC(CC1C=CN(Cc3ccccc3C)C(C)=C1C(C)=O)C2. The van der Waals surface area contributed by atoms with Crippen LogP contribution >= 0.6 is 0 Å². The van der Waals surface area contributed by atoms with Crippen LogP contribution in [-0.2, 0) is 24.2 Å². The molecule has 0 spiro atoms. The number of nitrogens with zero attached hydrogens (tertiary/aromatic N) is 1. The number of carbonyl (C=O) groups excluding carboxylic acids is 1.